The molecule has 1 unspecified atom stereocenters. The number of anilines is 1. The van der Waals surface area contributed by atoms with Gasteiger partial charge in [0.15, 0.2) is 6.23 Å². The highest BCUT2D eigenvalue weighted by molar-refractivity contribution is 6.35. The van der Waals surface area contributed by atoms with Crippen molar-refractivity contribution >= 4 is 39.9 Å². The Morgan fingerprint density at radius 2 is 1.86 bits per heavy atom. The van der Waals surface area contributed by atoms with Crippen molar-refractivity contribution in [1.82, 2.24) is 19.7 Å². The second-order valence-corrected chi connectivity index (χ2v) is 13.1. The van der Waals surface area contributed by atoms with Gasteiger partial charge in [0.25, 0.3) is 0 Å². The fourth-order valence-electron chi connectivity index (χ4n) is 6.41. The standard InChI is InChI=1S/C33H34Cl2N6O3/c1-20(30-26(34)16-37-17-27(30)35)43-24-9-10-28-25(13-24)31(39-41(28)29-8-3-4-11-42-29)22-12-21(14-36)32(38-15-22)40-18-33(2,19-40)44-23-6-5-7-23/h9-10,12-13,15-17,20,23,29H,3-8,11,18-19H2,1-2H3/t20-,29?/m1/s1. The van der Waals surface area contributed by atoms with Gasteiger partial charge in [-0.1, -0.05) is 23.2 Å². The van der Waals surface area contributed by atoms with Crippen molar-refractivity contribution < 1.29 is 14.2 Å². The van der Waals surface area contributed by atoms with Gasteiger partial charge in [-0.05, 0) is 76.6 Å². The van der Waals surface area contributed by atoms with E-state index in [1.54, 1.807) is 18.6 Å². The van der Waals surface area contributed by atoms with E-state index < -0.39 is 6.10 Å². The molecular weight excluding hydrogens is 599 g/mol. The molecule has 44 heavy (non-hydrogen) atoms. The number of nitriles is 1. The number of nitrogens with zero attached hydrogens (tertiary/aromatic N) is 6. The van der Waals surface area contributed by atoms with Crippen LogP contribution in [0, 0.1) is 11.3 Å². The van der Waals surface area contributed by atoms with Crippen LogP contribution < -0.4 is 9.64 Å². The van der Waals surface area contributed by atoms with Gasteiger partial charge in [-0.2, -0.15) is 10.4 Å². The summed E-state index contributed by atoms with van der Waals surface area (Å²) >= 11 is 12.8. The largest absolute Gasteiger partial charge is 0.486 e. The topological polar surface area (TPSA) is 98.3 Å². The number of ether oxygens (including phenoxy) is 3. The van der Waals surface area contributed by atoms with Crippen molar-refractivity contribution in [2.45, 2.75) is 76.4 Å². The van der Waals surface area contributed by atoms with E-state index in [0.717, 1.165) is 48.6 Å². The second-order valence-electron chi connectivity index (χ2n) is 12.3. The lowest BCUT2D eigenvalue weighted by atomic mass is 9.91. The first kappa shape index (κ1) is 29.3. The van der Waals surface area contributed by atoms with Crippen LogP contribution in [-0.4, -0.2) is 51.1 Å². The minimum Gasteiger partial charge on any atom is -0.486 e. The monoisotopic (exact) mass is 632 g/mol. The molecule has 0 amide bonds. The molecule has 2 saturated heterocycles. The first-order chi connectivity index (χ1) is 21.3. The summed E-state index contributed by atoms with van der Waals surface area (Å²) in [4.78, 5) is 11.0. The normalized spacial score (nSPS) is 20.5. The quantitative estimate of drug-likeness (QED) is 0.195. The van der Waals surface area contributed by atoms with Crippen LogP contribution in [0.4, 0.5) is 5.82 Å². The van der Waals surface area contributed by atoms with Gasteiger partial charge in [0.05, 0.1) is 40.3 Å². The van der Waals surface area contributed by atoms with Crippen molar-refractivity contribution in [3.8, 4) is 23.1 Å². The maximum absolute atomic E-state index is 10.2. The molecule has 1 aromatic carbocycles. The van der Waals surface area contributed by atoms with Gasteiger partial charge < -0.3 is 19.1 Å². The zero-order valence-corrected chi connectivity index (χ0v) is 26.3. The summed E-state index contributed by atoms with van der Waals surface area (Å²) in [6.07, 6.45) is 11.2. The average Bonchev–Trinajstić information content (AvgIpc) is 3.36. The maximum Gasteiger partial charge on any atom is 0.150 e. The van der Waals surface area contributed by atoms with E-state index in [2.05, 4.69) is 22.9 Å². The van der Waals surface area contributed by atoms with E-state index in [9.17, 15) is 5.26 Å². The lowest BCUT2D eigenvalue weighted by Crippen LogP contribution is -2.63. The summed E-state index contributed by atoms with van der Waals surface area (Å²) in [7, 11) is 0. The summed E-state index contributed by atoms with van der Waals surface area (Å²) < 4.78 is 20.7. The Labute approximate surface area is 266 Å². The lowest BCUT2D eigenvalue weighted by Gasteiger charge is -2.51. The zero-order valence-electron chi connectivity index (χ0n) is 24.8. The highest BCUT2D eigenvalue weighted by Gasteiger charge is 2.44. The molecule has 0 radical (unpaired) electrons. The Morgan fingerprint density at radius 3 is 2.55 bits per heavy atom. The van der Waals surface area contributed by atoms with Crippen molar-refractivity contribution in [3.63, 3.8) is 0 Å². The summed E-state index contributed by atoms with van der Waals surface area (Å²) in [6, 6.07) is 10.1. The van der Waals surface area contributed by atoms with Crippen LogP contribution in [0.3, 0.4) is 0 Å². The van der Waals surface area contributed by atoms with Crippen molar-refractivity contribution in [2.75, 3.05) is 24.6 Å². The molecule has 0 bridgehead atoms. The number of aromatic nitrogens is 4. The molecular formula is C33H34Cl2N6O3. The minimum atomic E-state index is -0.419. The van der Waals surface area contributed by atoms with E-state index in [1.165, 1.54) is 6.42 Å². The molecule has 11 heteroatoms. The Kier molecular flexibility index (Phi) is 7.87. The molecule has 3 aliphatic rings. The summed E-state index contributed by atoms with van der Waals surface area (Å²) in [5.41, 5.74) is 3.36. The fraction of sp³-hybridized carbons (Fsp3) is 0.455. The summed E-state index contributed by atoms with van der Waals surface area (Å²) in [5, 5.41) is 17.0. The van der Waals surface area contributed by atoms with Gasteiger partial charge in [0.2, 0.25) is 0 Å². The molecule has 0 N–H and O–H groups in total. The summed E-state index contributed by atoms with van der Waals surface area (Å²) in [6.45, 7) is 6.17. The molecule has 1 saturated carbocycles. The predicted octanol–water partition coefficient (Wildman–Crippen LogP) is 7.66. The molecule has 4 aromatic rings. The Balaban J connectivity index is 1.22. The van der Waals surface area contributed by atoms with Gasteiger partial charge in [-0.25, -0.2) is 9.67 Å². The molecule has 3 fully saturated rings. The number of benzene rings is 1. The summed E-state index contributed by atoms with van der Waals surface area (Å²) in [5.74, 6) is 1.31. The third-order valence-corrected chi connectivity index (χ3v) is 9.43. The molecule has 9 nitrogen and oxygen atoms in total. The molecule has 7 rings (SSSR count). The number of rotatable bonds is 8. The number of hydrogen-bond donors (Lipinski definition) is 0. The van der Waals surface area contributed by atoms with Crippen LogP contribution in [0.1, 0.15) is 75.8 Å². The second kappa shape index (κ2) is 11.8. The number of pyridine rings is 2. The molecule has 3 aromatic heterocycles. The Hall–Kier alpha value is -3.42. The first-order valence-electron chi connectivity index (χ1n) is 15.2. The van der Waals surface area contributed by atoms with Crippen molar-refractivity contribution in [2.24, 2.45) is 0 Å². The van der Waals surface area contributed by atoms with E-state index in [4.69, 9.17) is 47.5 Å². The molecule has 228 valence electrons. The molecule has 2 aliphatic heterocycles. The minimum absolute atomic E-state index is 0.169. The van der Waals surface area contributed by atoms with Gasteiger partial charge in [0, 0.05) is 41.7 Å². The maximum atomic E-state index is 10.2. The lowest BCUT2D eigenvalue weighted by molar-refractivity contribution is -0.124. The van der Waals surface area contributed by atoms with Crippen LogP contribution in [0.25, 0.3) is 22.2 Å². The highest BCUT2D eigenvalue weighted by atomic mass is 35.5. The third-order valence-electron chi connectivity index (χ3n) is 8.83. The van der Waals surface area contributed by atoms with E-state index >= 15 is 0 Å². The number of hydrogen-bond acceptors (Lipinski definition) is 8. The van der Waals surface area contributed by atoms with E-state index in [0.29, 0.717) is 64.2 Å². The molecule has 0 spiro atoms. The van der Waals surface area contributed by atoms with Crippen LogP contribution in [-0.2, 0) is 9.47 Å². The van der Waals surface area contributed by atoms with Crippen LogP contribution >= 0.6 is 23.2 Å². The van der Waals surface area contributed by atoms with Gasteiger partial charge >= 0.3 is 0 Å². The molecule has 1 aliphatic carbocycles. The first-order valence-corrected chi connectivity index (χ1v) is 16.0. The Bertz CT molecular complexity index is 1720. The van der Waals surface area contributed by atoms with Crippen LogP contribution in [0.5, 0.6) is 5.75 Å². The van der Waals surface area contributed by atoms with E-state index in [-0.39, 0.29) is 11.8 Å². The van der Waals surface area contributed by atoms with E-state index in [1.807, 2.05) is 35.9 Å². The smallest absolute Gasteiger partial charge is 0.150 e. The predicted molar refractivity (Wildman–Crippen MR) is 169 cm³/mol. The van der Waals surface area contributed by atoms with Crippen molar-refractivity contribution in [1.29, 1.82) is 5.26 Å². The van der Waals surface area contributed by atoms with Crippen molar-refractivity contribution in [3.05, 3.63) is 64.0 Å². The SMILES string of the molecule is C[C@@H](Oc1ccc2c(c1)c(-c1cnc(N3CC(C)(OC4CCC4)C3)c(C#N)c1)nn2C1CCCCO1)c1c(Cl)cncc1Cl. The fourth-order valence-corrected chi connectivity index (χ4v) is 7.09. The molecule has 2 atom stereocenters. The third kappa shape index (κ3) is 5.49. The zero-order chi connectivity index (χ0) is 30.4. The number of fused-ring (bicyclic) bond motifs is 1. The van der Waals surface area contributed by atoms with Gasteiger partial charge in [-0.15, -0.1) is 0 Å². The van der Waals surface area contributed by atoms with Gasteiger partial charge in [-0.3, -0.25) is 4.98 Å². The highest BCUT2D eigenvalue weighted by Crippen LogP contribution is 2.40. The average molecular weight is 634 g/mol. The number of halogens is 2. The molecule has 5 heterocycles. The Morgan fingerprint density at radius 1 is 1.07 bits per heavy atom. The van der Waals surface area contributed by atoms with Gasteiger partial charge in [0.1, 0.15) is 35.0 Å². The van der Waals surface area contributed by atoms with Crippen LogP contribution in [0.2, 0.25) is 10.0 Å². The van der Waals surface area contributed by atoms with Crippen LogP contribution in [0.15, 0.2) is 42.9 Å².